The van der Waals surface area contributed by atoms with Crippen LogP contribution in [-0.4, -0.2) is 54.4 Å². The Morgan fingerprint density at radius 2 is 1.96 bits per heavy atom. The number of carbonyl (C=O) groups is 2. The summed E-state index contributed by atoms with van der Waals surface area (Å²) in [5.74, 6) is 2.33. The van der Waals surface area contributed by atoms with Crippen molar-refractivity contribution >= 4 is 29.3 Å². The molecule has 2 N–H and O–H groups in total. The molecule has 2 aliphatic heterocycles. The Morgan fingerprint density at radius 3 is 2.69 bits per heavy atom. The molecule has 1 aliphatic carbocycles. The fourth-order valence-electron chi connectivity index (χ4n) is 4.36. The fourth-order valence-corrected chi connectivity index (χ4v) is 5.26. The van der Waals surface area contributed by atoms with Crippen LogP contribution in [0, 0.1) is 18.3 Å². The summed E-state index contributed by atoms with van der Waals surface area (Å²) in [6, 6.07) is 5.66. The van der Waals surface area contributed by atoms with E-state index in [1.807, 2.05) is 41.8 Å². The minimum Gasteiger partial charge on any atom is -0.337 e. The highest BCUT2D eigenvalue weighted by Crippen LogP contribution is 2.58. The van der Waals surface area contributed by atoms with Gasteiger partial charge in [-0.15, -0.1) is 0 Å². The Morgan fingerprint density at radius 1 is 1.23 bits per heavy atom. The van der Waals surface area contributed by atoms with Crippen molar-refractivity contribution in [2.24, 2.45) is 11.3 Å². The van der Waals surface area contributed by atoms with Crippen LogP contribution in [0.4, 0.5) is 5.69 Å². The minimum absolute atomic E-state index is 0.0835. The third-order valence-electron chi connectivity index (χ3n) is 6.23. The molecular weight excluding hydrogens is 346 g/mol. The molecule has 0 radical (unpaired) electrons. The van der Waals surface area contributed by atoms with E-state index >= 15 is 0 Å². The maximum Gasteiger partial charge on any atom is 0.254 e. The molecule has 6 heteroatoms. The lowest BCUT2D eigenvalue weighted by Crippen LogP contribution is -2.38. The van der Waals surface area contributed by atoms with Gasteiger partial charge >= 0.3 is 0 Å². The Hall–Kier alpha value is -1.53. The molecule has 1 aromatic rings. The summed E-state index contributed by atoms with van der Waals surface area (Å²) in [6.07, 6.45) is 3.19. The van der Waals surface area contributed by atoms with Gasteiger partial charge in [0.25, 0.3) is 5.91 Å². The van der Waals surface area contributed by atoms with Crippen LogP contribution in [0.2, 0.25) is 0 Å². The number of thioether (sulfide) groups is 1. The van der Waals surface area contributed by atoms with E-state index < -0.39 is 0 Å². The maximum absolute atomic E-state index is 12.8. The molecule has 1 atom stereocenters. The van der Waals surface area contributed by atoms with Crippen LogP contribution in [0.3, 0.4) is 0 Å². The number of nitrogens with zero attached hydrogens (tertiary/aromatic N) is 1. The second kappa shape index (κ2) is 7.24. The SMILES string of the molecule is Cc1c(NC(=O)C2CC23CCNCC3)cccc1C(=O)N1CCSCC1. The first kappa shape index (κ1) is 17.9. The van der Waals surface area contributed by atoms with Crippen LogP contribution in [0.1, 0.15) is 35.2 Å². The first-order valence-corrected chi connectivity index (χ1v) is 10.7. The molecule has 3 fully saturated rings. The monoisotopic (exact) mass is 373 g/mol. The Bertz CT molecular complexity index is 709. The number of anilines is 1. The third kappa shape index (κ3) is 3.37. The molecule has 1 saturated carbocycles. The highest BCUT2D eigenvalue weighted by Gasteiger charge is 2.57. The van der Waals surface area contributed by atoms with Gasteiger partial charge in [0.15, 0.2) is 0 Å². The third-order valence-corrected chi connectivity index (χ3v) is 7.17. The average Bonchev–Trinajstić information content (AvgIpc) is 3.37. The van der Waals surface area contributed by atoms with Gasteiger partial charge in [0.1, 0.15) is 0 Å². The van der Waals surface area contributed by atoms with Gasteiger partial charge in [0, 0.05) is 41.8 Å². The molecule has 0 bridgehead atoms. The van der Waals surface area contributed by atoms with E-state index in [9.17, 15) is 9.59 Å². The summed E-state index contributed by atoms with van der Waals surface area (Å²) in [6.45, 7) is 5.58. The van der Waals surface area contributed by atoms with Crippen LogP contribution in [-0.2, 0) is 4.79 Å². The van der Waals surface area contributed by atoms with E-state index in [1.165, 1.54) is 0 Å². The lowest BCUT2D eigenvalue weighted by molar-refractivity contribution is -0.118. The number of amides is 2. The van der Waals surface area contributed by atoms with Gasteiger partial charge in [-0.25, -0.2) is 0 Å². The summed E-state index contributed by atoms with van der Waals surface area (Å²) in [5, 5.41) is 6.48. The Balaban J connectivity index is 1.46. The van der Waals surface area contributed by atoms with E-state index in [0.717, 1.165) is 68.2 Å². The standard InChI is InChI=1S/C20H27N3O2S/c1-14-15(19(25)23-9-11-26-12-10-23)3-2-4-17(14)22-18(24)16-13-20(16)5-7-21-8-6-20/h2-4,16,21H,5-13H2,1H3,(H,22,24). The van der Waals surface area contributed by atoms with Crippen molar-refractivity contribution in [3.63, 3.8) is 0 Å². The lowest BCUT2D eigenvalue weighted by atomic mass is 9.91. The van der Waals surface area contributed by atoms with Crippen molar-refractivity contribution < 1.29 is 9.59 Å². The molecule has 1 spiro atoms. The quantitative estimate of drug-likeness (QED) is 0.855. The number of benzene rings is 1. The lowest BCUT2D eigenvalue weighted by Gasteiger charge is -2.27. The largest absolute Gasteiger partial charge is 0.337 e. The molecule has 4 rings (SSSR count). The fraction of sp³-hybridized carbons (Fsp3) is 0.600. The predicted molar refractivity (Wildman–Crippen MR) is 106 cm³/mol. The number of rotatable bonds is 3. The van der Waals surface area contributed by atoms with Crippen molar-refractivity contribution in [3.8, 4) is 0 Å². The Kier molecular flexibility index (Phi) is 4.97. The molecular formula is C20H27N3O2S. The average molecular weight is 374 g/mol. The number of piperidine rings is 1. The van der Waals surface area contributed by atoms with Crippen LogP contribution in [0.25, 0.3) is 0 Å². The predicted octanol–water partition coefficient (Wildman–Crippen LogP) is 2.51. The van der Waals surface area contributed by atoms with E-state index in [4.69, 9.17) is 0 Å². The minimum atomic E-state index is 0.0835. The molecule has 1 unspecified atom stereocenters. The molecule has 2 saturated heterocycles. The van der Waals surface area contributed by atoms with Crippen LogP contribution in [0.15, 0.2) is 18.2 Å². The van der Waals surface area contributed by atoms with Gasteiger partial charge < -0.3 is 15.5 Å². The first-order valence-electron chi connectivity index (χ1n) is 9.59. The van der Waals surface area contributed by atoms with Gasteiger partial charge in [-0.2, -0.15) is 11.8 Å². The highest BCUT2D eigenvalue weighted by molar-refractivity contribution is 7.99. The highest BCUT2D eigenvalue weighted by atomic mass is 32.2. The second-order valence-electron chi connectivity index (χ2n) is 7.74. The zero-order chi connectivity index (χ0) is 18.1. The van der Waals surface area contributed by atoms with Crippen LogP contribution < -0.4 is 10.6 Å². The topological polar surface area (TPSA) is 61.4 Å². The molecule has 2 amide bonds. The molecule has 1 aromatic carbocycles. The van der Waals surface area contributed by atoms with E-state index in [2.05, 4.69) is 10.6 Å². The first-order chi connectivity index (χ1) is 12.6. The molecule has 140 valence electrons. The summed E-state index contributed by atoms with van der Waals surface area (Å²) < 4.78 is 0. The van der Waals surface area contributed by atoms with Crippen molar-refractivity contribution in [1.82, 2.24) is 10.2 Å². The van der Waals surface area contributed by atoms with Crippen molar-refractivity contribution in [3.05, 3.63) is 29.3 Å². The summed E-state index contributed by atoms with van der Waals surface area (Å²) >= 11 is 1.89. The second-order valence-corrected chi connectivity index (χ2v) is 8.97. The molecule has 26 heavy (non-hydrogen) atoms. The van der Waals surface area contributed by atoms with E-state index in [1.54, 1.807) is 0 Å². The van der Waals surface area contributed by atoms with Gasteiger partial charge in [-0.3, -0.25) is 9.59 Å². The normalized spacial score (nSPS) is 24.3. The van der Waals surface area contributed by atoms with Crippen molar-refractivity contribution in [1.29, 1.82) is 0 Å². The van der Waals surface area contributed by atoms with Crippen LogP contribution >= 0.6 is 11.8 Å². The molecule has 2 heterocycles. The molecule has 3 aliphatic rings. The number of carbonyl (C=O) groups excluding carboxylic acids is 2. The summed E-state index contributed by atoms with van der Waals surface area (Å²) in [7, 11) is 0. The Labute approximate surface area is 159 Å². The van der Waals surface area contributed by atoms with Gasteiger partial charge in [0.05, 0.1) is 0 Å². The molecule has 0 aromatic heterocycles. The summed E-state index contributed by atoms with van der Waals surface area (Å²) in [5.41, 5.74) is 2.59. The smallest absolute Gasteiger partial charge is 0.254 e. The zero-order valence-electron chi connectivity index (χ0n) is 15.3. The van der Waals surface area contributed by atoms with E-state index in [-0.39, 0.29) is 23.1 Å². The van der Waals surface area contributed by atoms with Crippen LogP contribution in [0.5, 0.6) is 0 Å². The van der Waals surface area contributed by atoms with Crippen molar-refractivity contribution in [2.75, 3.05) is 43.0 Å². The zero-order valence-corrected chi connectivity index (χ0v) is 16.2. The van der Waals surface area contributed by atoms with Gasteiger partial charge in [0.2, 0.25) is 5.91 Å². The maximum atomic E-state index is 12.8. The van der Waals surface area contributed by atoms with Gasteiger partial charge in [-0.05, 0) is 62.4 Å². The van der Waals surface area contributed by atoms with Gasteiger partial charge in [-0.1, -0.05) is 6.07 Å². The number of nitrogens with one attached hydrogen (secondary N) is 2. The molecule has 5 nitrogen and oxygen atoms in total. The summed E-state index contributed by atoms with van der Waals surface area (Å²) in [4.78, 5) is 27.5. The van der Waals surface area contributed by atoms with E-state index in [0.29, 0.717) is 5.56 Å². The number of hydrogen-bond donors (Lipinski definition) is 2. The van der Waals surface area contributed by atoms with Crippen molar-refractivity contribution in [2.45, 2.75) is 26.2 Å². The number of hydrogen-bond acceptors (Lipinski definition) is 4.